The van der Waals surface area contributed by atoms with Crippen molar-refractivity contribution in [1.82, 2.24) is 25.5 Å². The minimum atomic E-state index is -0.225. The fourth-order valence-electron chi connectivity index (χ4n) is 2.87. The second-order valence-electron chi connectivity index (χ2n) is 6.69. The number of H-pyrrole nitrogens is 1. The van der Waals surface area contributed by atoms with Gasteiger partial charge in [0.1, 0.15) is 23.9 Å². The number of methoxy groups -OCH3 is 1. The average Bonchev–Trinajstić information content (AvgIpc) is 3.45. The van der Waals surface area contributed by atoms with E-state index in [1.54, 1.807) is 36.6 Å². The molecule has 0 spiro atoms. The quantitative estimate of drug-likeness (QED) is 0.437. The minimum Gasteiger partial charge on any atom is -0.497 e. The number of aromatic nitrogens is 4. The summed E-state index contributed by atoms with van der Waals surface area (Å²) >= 11 is 1.58. The second-order valence-corrected chi connectivity index (χ2v) is 7.75. The van der Waals surface area contributed by atoms with Crippen molar-refractivity contribution >= 4 is 17.2 Å². The Kier molecular flexibility index (Phi) is 6.23. The van der Waals surface area contributed by atoms with Gasteiger partial charge in [-0.3, -0.25) is 9.89 Å². The Morgan fingerprint density at radius 3 is 2.71 bits per heavy atom. The van der Waals surface area contributed by atoms with E-state index in [1.165, 1.54) is 0 Å². The molecule has 2 N–H and O–H groups in total. The number of hydrogen-bond donors (Lipinski definition) is 2. The third-order valence-electron chi connectivity index (χ3n) is 4.45. The van der Waals surface area contributed by atoms with Crippen LogP contribution in [0.1, 0.15) is 26.9 Å². The first-order chi connectivity index (χ1) is 15.1. The van der Waals surface area contributed by atoms with E-state index < -0.39 is 0 Å². The van der Waals surface area contributed by atoms with Gasteiger partial charge in [-0.25, -0.2) is 9.97 Å². The molecule has 0 atom stereocenters. The summed E-state index contributed by atoms with van der Waals surface area (Å²) in [5.41, 5.74) is 2.23. The van der Waals surface area contributed by atoms with Gasteiger partial charge in [-0.15, -0.1) is 11.3 Å². The molecule has 0 unspecified atom stereocenters. The van der Waals surface area contributed by atoms with Crippen molar-refractivity contribution in [2.75, 3.05) is 7.11 Å². The molecule has 0 aliphatic carbocycles. The van der Waals surface area contributed by atoms with Gasteiger partial charge in [-0.2, -0.15) is 5.10 Å². The fraction of sp³-hybridized carbons (Fsp3) is 0.182. The molecule has 0 bridgehead atoms. The van der Waals surface area contributed by atoms with Gasteiger partial charge in [0.25, 0.3) is 5.91 Å². The van der Waals surface area contributed by atoms with Crippen molar-refractivity contribution in [2.45, 2.75) is 20.1 Å². The van der Waals surface area contributed by atoms with Crippen LogP contribution in [0.25, 0.3) is 11.4 Å². The van der Waals surface area contributed by atoms with Crippen LogP contribution in [-0.4, -0.2) is 33.2 Å². The molecule has 8 nitrogen and oxygen atoms in total. The number of aryl methyl sites for hydroxylation is 1. The van der Waals surface area contributed by atoms with E-state index in [1.807, 2.05) is 42.6 Å². The lowest BCUT2D eigenvalue weighted by Gasteiger charge is -2.07. The van der Waals surface area contributed by atoms with Gasteiger partial charge >= 0.3 is 0 Å². The van der Waals surface area contributed by atoms with Gasteiger partial charge in [-0.05, 0) is 49.4 Å². The summed E-state index contributed by atoms with van der Waals surface area (Å²) < 4.78 is 10.9. The molecule has 0 aliphatic heterocycles. The molecule has 0 aliphatic rings. The summed E-state index contributed by atoms with van der Waals surface area (Å²) in [6.07, 6.45) is 0. The monoisotopic (exact) mass is 435 g/mol. The van der Waals surface area contributed by atoms with E-state index in [0.717, 1.165) is 22.0 Å². The molecule has 31 heavy (non-hydrogen) atoms. The van der Waals surface area contributed by atoms with Crippen LogP contribution in [0.5, 0.6) is 11.5 Å². The lowest BCUT2D eigenvalue weighted by Crippen LogP contribution is -2.23. The second kappa shape index (κ2) is 9.40. The third-order valence-corrected chi connectivity index (χ3v) is 5.27. The number of nitrogens with zero attached hydrogens (tertiary/aromatic N) is 3. The lowest BCUT2D eigenvalue weighted by molar-refractivity contribution is 0.0949. The predicted octanol–water partition coefficient (Wildman–Crippen LogP) is 3.75. The molecule has 1 amide bonds. The van der Waals surface area contributed by atoms with Gasteiger partial charge in [0, 0.05) is 16.5 Å². The Hall–Kier alpha value is -3.72. The number of rotatable bonds is 8. The zero-order valence-electron chi connectivity index (χ0n) is 17.1. The van der Waals surface area contributed by atoms with Crippen molar-refractivity contribution in [3.8, 4) is 22.9 Å². The highest BCUT2D eigenvalue weighted by Crippen LogP contribution is 2.19. The van der Waals surface area contributed by atoms with Crippen LogP contribution in [0.2, 0.25) is 0 Å². The number of aromatic amines is 1. The Bertz CT molecular complexity index is 1170. The van der Waals surface area contributed by atoms with Crippen LogP contribution in [0.4, 0.5) is 0 Å². The molecule has 4 aromatic rings. The van der Waals surface area contributed by atoms with Crippen LogP contribution < -0.4 is 14.8 Å². The number of nitrogens with one attached hydrogen (secondary N) is 2. The Morgan fingerprint density at radius 1 is 1.13 bits per heavy atom. The zero-order valence-corrected chi connectivity index (χ0v) is 17.9. The van der Waals surface area contributed by atoms with Crippen LogP contribution in [0.3, 0.4) is 0 Å². The van der Waals surface area contributed by atoms with Crippen LogP contribution >= 0.6 is 11.3 Å². The highest BCUT2D eigenvalue weighted by atomic mass is 32.1. The maximum atomic E-state index is 12.5. The molecule has 0 radical (unpaired) electrons. The first-order valence-corrected chi connectivity index (χ1v) is 10.5. The summed E-state index contributed by atoms with van der Waals surface area (Å²) in [6.45, 7) is 2.54. The summed E-state index contributed by atoms with van der Waals surface area (Å²) in [7, 11) is 1.62. The van der Waals surface area contributed by atoms with Gasteiger partial charge in [0.2, 0.25) is 0 Å². The minimum absolute atomic E-state index is 0.225. The average molecular weight is 436 g/mol. The number of thiazole rings is 1. The number of carbonyl (C=O) groups is 1. The molecule has 158 valence electrons. The molecule has 4 rings (SSSR count). The summed E-state index contributed by atoms with van der Waals surface area (Å²) in [5, 5.41) is 12.9. The summed E-state index contributed by atoms with van der Waals surface area (Å²) in [6, 6.07) is 14.5. The van der Waals surface area contributed by atoms with Crippen molar-refractivity contribution in [3.63, 3.8) is 0 Å². The maximum absolute atomic E-state index is 12.5. The van der Waals surface area contributed by atoms with Crippen LogP contribution in [0, 0.1) is 6.92 Å². The molecule has 0 saturated carbocycles. The van der Waals surface area contributed by atoms with Crippen molar-refractivity contribution in [1.29, 1.82) is 0 Å². The van der Waals surface area contributed by atoms with E-state index >= 15 is 0 Å². The summed E-state index contributed by atoms with van der Waals surface area (Å²) in [5.74, 6) is 2.27. The lowest BCUT2D eigenvalue weighted by atomic mass is 10.2. The van der Waals surface area contributed by atoms with E-state index in [9.17, 15) is 4.79 Å². The highest BCUT2D eigenvalue weighted by Gasteiger charge is 2.10. The standard InChI is InChI=1S/C22H21N5O3S/c1-14-24-17(13-31-14)12-30-19-5-3-4-16(10-19)22(28)23-11-20-25-21(27-26-20)15-6-8-18(29-2)9-7-15/h3-10,13H,11-12H2,1-2H3,(H,23,28)(H,25,26,27). The van der Waals surface area contributed by atoms with Gasteiger partial charge in [-0.1, -0.05) is 6.07 Å². The Labute approximate surface area is 183 Å². The van der Waals surface area contributed by atoms with E-state index in [-0.39, 0.29) is 12.5 Å². The number of hydrogen-bond acceptors (Lipinski definition) is 7. The summed E-state index contributed by atoms with van der Waals surface area (Å²) in [4.78, 5) is 21.3. The third kappa shape index (κ3) is 5.26. The SMILES string of the molecule is COc1ccc(-c2n[nH]c(CNC(=O)c3cccc(OCc4csc(C)n4)c3)n2)cc1. The molecule has 2 aromatic heterocycles. The fourth-order valence-corrected chi connectivity index (χ4v) is 3.47. The molecular formula is C22H21N5O3S. The Balaban J connectivity index is 1.34. The molecule has 0 fully saturated rings. The van der Waals surface area contributed by atoms with Crippen molar-refractivity contribution < 1.29 is 14.3 Å². The number of ether oxygens (including phenoxy) is 2. The van der Waals surface area contributed by atoms with Crippen LogP contribution in [0.15, 0.2) is 53.9 Å². The molecular weight excluding hydrogens is 414 g/mol. The van der Waals surface area contributed by atoms with Gasteiger partial charge in [0.05, 0.1) is 24.4 Å². The predicted molar refractivity (Wildman–Crippen MR) is 117 cm³/mol. The number of benzene rings is 2. The van der Waals surface area contributed by atoms with Crippen molar-refractivity contribution in [3.05, 3.63) is 76.0 Å². The van der Waals surface area contributed by atoms with Crippen LogP contribution in [-0.2, 0) is 13.2 Å². The zero-order chi connectivity index (χ0) is 21.6. The molecule has 2 aromatic carbocycles. The van der Waals surface area contributed by atoms with E-state index in [4.69, 9.17) is 9.47 Å². The molecule has 2 heterocycles. The largest absolute Gasteiger partial charge is 0.497 e. The highest BCUT2D eigenvalue weighted by molar-refractivity contribution is 7.09. The first-order valence-electron chi connectivity index (χ1n) is 9.58. The smallest absolute Gasteiger partial charge is 0.251 e. The number of amides is 1. The van der Waals surface area contributed by atoms with E-state index in [2.05, 4.69) is 25.5 Å². The topological polar surface area (TPSA) is 102 Å². The molecule has 0 saturated heterocycles. The van der Waals surface area contributed by atoms with E-state index in [0.29, 0.717) is 29.6 Å². The molecule has 9 heteroatoms. The van der Waals surface area contributed by atoms with Gasteiger partial charge in [0.15, 0.2) is 5.82 Å². The first kappa shape index (κ1) is 20.5. The normalized spacial score (nSPS) is 10.6. The maximum Gasteiger partial charge on any atom is 0.251 e. The van der Waals surface area contributed by atoms with Crippen molar-refractivity contribution in [2.24, 2.45) is 0 Å². The number of carbonyl (C=O) groups excluding carboxylic acids is 1. The van der Waals surface area contributed by atoms with Gasteiger partial charge < -0.3 is 14.8 Å². The Morgan fingerprint density at radius 2 is 1.97 bits per heavy atom.